The van der Waals surface area contributed by atoms with Gasteiger partial charge in [0.15, 0.2) is 5.96 Å². The van der Waals surface area contributed by atoms with Crippen molar-refractivity contribution in [3.63, 3.8) is 0 Å². The van der Waals surface area contributed by atoms with Crippen LogP contribution in [0, 0.1) is 0 Å². The second-order valence-corrected chi connectivity index (χ2v) is 6.80. The molecule has 1 aromatic carbocycles. The van der Waals surface area contributed by atoms with Crippen molar-refractivity contribution in [2.24, 2.45) is 4.99 Å². The number of anilines is 1. The fraction of sp³-hybridized carbons (Fsp3) is 0.500. The SMILES string of the molecule is CCc1nsc(N2CCN(C(=NC)NCc3cccc(OC)c3)CC2)n1.I. The summed E-state index contributed by atoms with van der Waals surface area (Å²) < 4.78 is 9.67. The molecule has 1 N–H and O–H groups in total. The van der Waals surface area contributed by atoms with Gasteiger partial charge < -0.3 is 19.9 Å². The van der Waals surface area contributed by atoms with Gasteiger partial charge >= 0.3 is 0 Å². The lowest BCUT2D eigenvalue weighted by atomic mass is 10.2. The number of aromatic nitrogens is 2. The molecule has 1 aliphatic heterocycles. The molecule has 1 aromatic heterocycles. The van der Waals surface area contributed by atoms with Crippen LogP contribution in [0.3, 0.4) is 0 Å². The molecular weight excluding hydrogens is 475 g/mol. The van der Waals surface area contributed by atoms with Crippen LogP contribution < -0.4 is 15.0 Å². The van der Waals surface area contributed by atoms with Crippen LogP contribution in [0.25, 0.3) is 0 Å². The molecule has 0 aliphatic carbocycles. The quantitative estimate of drug-likeness (QED) is 0.386. The van der Waals surface area contributed by atoms with Crippen LogP contribution in [0.4, 0.5) is 5.13 Å². The fourth-order valence-corrected chi connectivity index (χ4v) is 3.72. The van der Waals surface area contributed by atoms with Crippen molar-refractivity contribution in [2.75, 3.05) is 45.2 Å². The predicted molar refractivity (Wildman–Crippen MR) is 122 cm³/mol. The van der Waals surface area contributed by atoms with E-state index in [1.54, 1.807) is 7.11 Å². The summed E-state index contributed by atoms with van der Waals surface area (Å²) in [5, 5.41) is 4.48. The number of aliphatic imine (C=N–C) groups is 1. The summed E-state index contributed by atoms with van der Waals surface area (Å²) >= 11 is 1.50. The highest BCUT2D eigenvalue weighted by molar-refractivity contribution is 14.0. The minimum absolute atomic E-state index is 0. The number of piperazine rings is 1. The van der Waals surface area contributed by atoms with E-state index in [2.05, 4.69) is 42.5 Å². The number of hydrogen-bond acceptors (Lipinski definition) is 6. The average Bonchev–Trinajstić information content (AvgIpc) is 3.18. The number of nitrogens with one attached hydrogen (secondary N) is 1. The Bertz CT molecular complexity index is 745. The maximum atomic E-state index is 5.28. The van der Waals surface area contributed by atoms with Gasteiger partial charge in [-0.05, 0) is 17.7 Å². The first-order chi connectivity index (χ1) is 12.7. The Morgan fingerprint density at radius 2 is 2.07 bits per heavy atom. The third-order valence-corrected chi connectivity index (χ3v) is 5.23. The summed E-state index contributed by atoms with van der Waals surface area (Å²) in [6, 6.07) is 8.08. The molecule has 0 radical (unpaired) electrons. The van der Waals surface area contributed by atoms with Gasteiger partial charge in [-0.15, -0.1) is 24.0 Å². The number of nitrogens with zero attached hydrogens (tertiary/aromatic N) is 5. The van der Waals surface area contributed by atoms with Crippen molar-refractivity contribution in [3.05, 3.63) is 35.7 Å². The van der Waals surface area contributed by atoms with Crippen LogP contribution in [-0.4, -0.2) is 60.6 Å². The van der Waals surface area contributed by atoms with E-state index in [9.17, 15) is 0 Å². The first-order valence-corrected chi connectivity index (χ1v) is 9.67. The summed E-state index contributed by atoms with van der Waals surface area (Å²) in [6.07, 6.45) is 0.886. The van der Waals surface area contributed by atoms with E-state index in [0.29, 0.717) is 0 Å². The molecule has 0 amide bonds. The van der Waals surface area contributed by atoms with Crippen LogP contribution in [0.5, 0.6) is 5.75 Å². The van der Waals surface area contributed by atoms with Gasteiger partial charge in [-0.25, -0.2) is 4.98 Å². The highest BCUT2D eigenvalue weighted by Crippen LogP contribution is 2.19. The van der Waals surface area contributed by atoms with Gasteiger partial charge in [0.05, 0.1) is 7.11 Å². The van der Waals surface area contributed by atoms with Crippen molar-refractivity contribution >= 4 is 46.6 Å². The minimum Gasteiger partial charge on any atom is -0.497 e. The molecule has 0 saturated carbocycles. The van der Waals surface area contributed by atoms with Gasteiger partial charge in [0.2, 0.25) is 5.13 Å². The molecule has 7 nitrogen and oxygen atoms in total. The molecule has 0 unspecified atom stereocenters. The Morgan fingerprint density at radius 3 is 2.70 bits per heavy atom. The topological polar surface area (TPSA) is 65.9 Å². The number of methoxy groups -OCH3 is 1. The summed E-state index contributed by atoms with van der Waals surface area (Å²) in [5.41, 5.74) is 1.17. The summed E-state index contributed by atoms with van der Waals surface area (Å²) in [4.78, 5) is 13.6. The molecule has 9 heteroatoms. The third kappa shape index (κ3) is 5.68. The van der Waals surface area contributed by atoms with Crippen molar-refractivity contribution < 1.29 is 4.74 Å². The molecule has 1 aliphatic rings. The number of rotatable bonds is 5. The second-order valence-electron chi connectivity index (χ2n) is 6.07. The Balaban J connectivity index is 0.00000261. The maximum Gasteiger partial charge on any atom is 0.205 e. The number of aryl methyl sites for hydroxylation is 1. The van der Waals surface area contributed by atoms with Gasteiger partial charge in [0.25, 0.3) is 0 Å². The van der Waals surface area contributed by atoms with Crippen LogP contribution in [0.15, 0.2) is 29.3 Å². The third-order valence-electron chi connectivity index (χ3n) is 4.42. The normalized spacial score (nSPS) is 14.7. The molecule has 1 saturated heterocycles. The van der Waals surface area contributed by atoms with E-state index in [4.69, 9.17) is 4.74 Å². The molecule has 2 aromatic rings. The predicted octanol–water partition coefficient (Wildman–Crippen LogP) is 2.62. The molecule has 2 heterocycles. The molecule has 0 spiro atoms. The summed E-state index contributed by atoms with van der Waals surface area (Å²) in [5.74, 6) is 2.73. The van der Waals surface area contributed by atoms with Crippen LogP contribution in [0.2, 0.25) is 0 Å². The number of hydrogen-bond donors (Lipinski definition) is 1. The highest BCUT2D eigenvalue weighted by Gasteiger charge is 2.21. The zero-order chi connectivity index (χ0) is 18.4. The lowest BCUT2D eigenvalue weighted by molar-refractivity contribution is 0.372. The molecule has 27 heavy (non-hydrogen) atoms. The lowest BCUT2D eigenvalue weighted by Gasteiger charge is -2.36. The Morgan fingerprint density at radius 1 is 1.30 bits per heavy atom. The number of guanidine groups is 1. The summed E-state index contributed by atoms with van der Waals surface area (Å²) in [7, 11) is 3.52. The summed E-state index contributed by atoms with van der Waals surface area (Å²) in [6.45, 7) is 6.50. The zero-order valence-corrected chi connectivity index (χ0v) is 19.2. The number of benzene rings is 1. The number of halogens is 1. The van der Waals surface area contributed by atoms with Gasteiger partial charge in [-0.1, -0.05) is 19.1 Å². The van der Waals surface area contributed by atoms with E-state index in [0.717, 1.165) is 61.8 Å². The largest absolute Gasteiger partial charge is 0.497 e. The highest BCUT2D eigenvalue weighted by atomic mass is 127. The van der Waals surface area contributed by atoms with Gasteiger partial charge in [0.1, 0.15) is 11.6 Å². The van der Waals surface area contributed by atoms with Crippen LogP contribution >= 0.6 is 35.5 Å². The lowest BCUT2D eigenvalue weighted by Crippen LogP contribution is -2.52. The molecule has 3 rings (SSSR count). The first-order valence-electron chi connectivity index (χ1n) is 8.89. The van der Waals surface area contributed by atoms with Crippen molar-refractivity contribution in [2.45, 2.75) is 19.9 Å². The maximum absolute atomic E-state index is 5.28. The molecule has 0 atom stereocenters. The molecule has 0 bridgehead atoms. The van der Waals surface area contributed by atoms with E-state index in [1.165, 1.54) is 17.1 Å². The minimum atomic E-state index is 0. The van der Waals surface area contributed by atoms with Crippen LogP contribution in [0.1, 0.15) is 18.3 Å². The van der Waals surface area contributed by atoms with Gasteiger partial charge in [-0.3, -0.25) is 4.99 Å². The number of ether oxygens (including phenoxy) is 1. The fourth-order valence-electron chi connectivity index (χ4n) is 2.92. The van der Waals surface area contributed by atoms with E-state index in [-0.39, 0.29) is 24.0 Å². The van der Waals surface area contributed by atoms with Gasteiger partial charge in [0, 0.05) is 57.7 Å². The van der Waals surface area contributed by atoms with Crippen molar-refractivity contribution in [1.82, 2.24) is 19.6 Å². The van der Waals surface area contributed by atoms with E-state index in [1.807, 2.05) is 25.2 Å². The van der Waals surface area contributed by atoms with E-state index >= 15 is 0 Å². The van der Waals surface area contributed by atoms with E-state index < -0.39 is 0 Å². The standard InChI is InChI=1S/C18H26N6OS.HI/c1-4-16-21-18(26-22-16)24-10-8-23(9-11-24)17(19-2)20-13-14-6-5-7-15(12-14)25-3;/h5-7,12H,4,8-11,13H2,1-3H3,(H,19,20);1H. The average molecular weight is 502 g/mol. The smallest absolute Gasteiger partial charge is 0.205 e. The second kappa shape index (κ2) is 10.6. The zero-order valence-electron chi connectivity index (χ0n) is 16.0. The first kappa shape index (κ1) is 21.7. The van der Waals surface area contributed by atoms with Gasteiger partial charge in [-0.2, -0.15) is 4.37 Å². The monoisotopic (exact) mass is 502 g/mol. The Kier molecular flexibility index (Phi) is 8.55. The molecule has 148 valence electrons. The molecular formula is C18H27IN6OS. The van der Waals surface area contributed by atoms with Crippen molar-refractivity contribution in [1.29, 1.82) is 0 Å². The molecule has 1 fully saturated rings. The Hall–Kier alpha value is -1.62. The van der Waals surface area contributed by atoms with Crippen LogP contribution in [-0.2, 0) is 13.0 Å². The Labute approximate surface area is 182 Å². The van der Waals surface area contributed by atoms with Crippen molar-refractivity contribution in [3.8, 4) is 5.75 Å².